The van der Waals surface area contributed by atoms with Crippen molar-refractivity contribution in [3.8, 4) is 5.75 Å². The third kappa shape index (κ3) is 5.68. The van der Waals surface area contributed by atoms with Gasteiger partial charge in [-0.25, -0.2) is 0 Å². The molecular formula is C26H22N2O2S. The number of carbonyl (C=O) groups is 1. The molecule has 4 aromatic carbocycles. The van der Waals surface area contributed by atoms with Crippen LogP contribution in [-0.2, 0) is 6.42 Å². The molecule has 4 nitrogen and oxygen atoms in total. The molecule has 0 aromatic heterocycles. The Morgan fingerprint density at radius 1 is 0.806 bits per heavy atom. The molecule has 0 atom stereocenters. The fourth-order valence-corrected chi connectivity index (χ4v) is 3.45. The number of benzene rings is 4. The summed E-state index contributed by atoms with van der Waals surface area (Å²) in [6, 6.07) is 31.2. The van der Waals surface area contributed by atoms with Gasteiger partial charge in [-0.3, -0.25) is 10.1 Å². The zero-order chi connectivity index (χ0) is 21.5. The lowest BCUT2D eigenvalue weighted by atomic mass is 10.1. The zero-order valence-corrected chi connectivity index (χ0v) is 17.7. The lowest BCUT2D eigenvalue weighted by Gasteiger charge is -2.11. The average Bonchev–Trinajstić information content (AvgIpc) is 2.80. The van der Waals surface area contributed by atoms with Gasteiger partial charge in [-0.05, 0) is 65.0 Å². The van der Waals surface area contributed by atoms with Crippen LogP contribution in [0.15, 0.2) is 97.1 Å². The van der Waals surface area contributed by atoms with E-state index in [1.807, 2.05) is 60.7 Å². The molecule has 0 aliphatic heterocycles. The summed E-state index contributed by atoms with van der Waals surface area (Å²) in [5, 5.41) is 8.28. The molecule has 4 rings (SSSR count). The van der Waals surface area contributed by atoms with E-state index in [1.54, 1.807) is 24.3 Å². The predicted octanol–water partition coefficient (Wildman–Crippen LogP) is 5.59. The Balaban J connectivity index is 1.28. The van der Waals surface area contributed by atoms with E-state index in [4.69, 9.17) is 17.0 Å². The van der Waals surface area contributed by atoms with Crippen LogP contribution in [0.2, 0.25) is 0 Å². The number of carbonyl (C=O) groups excluding carboxylic acids is 1. The van der Waals surface area contributed by atoms with Crippen LogP contribution in [0.1, 0.15) is 15.9 Å². The SMILES string of the molecule is O=C(NC(=S)Nc1ccc2ccccc2c1)c1ccc(OCCc2ccccc2)cc1. The van der Waals surface area contributed by atoms with Crippen molar-refractivity contribution in [1.29, 1.82) is 0 Å². The first-order valence-electron chi connectivity index (χ1n) is 10.1. The molecule has 0 unspecified atom stereocenters. The van der Waals surface area contributed by atoms with Crippen LogP contribution in [0.5, 0.6) is 5.75 Å². The summed E-state index contributed by atoms with van der Waals surface area (Å²) in [5.74, 6) is 0.457. The summed E-state index contributed by atoms with van der Waals surface area (Å²) in [4.78, 5) is 12.5. The minimum absolute atomic E-state index is 0.253. The summed E-state index contributed by atoms with van der Waals surface area (Å²) in [6.45, 7) is 0.579. The molecule has 0 bridgehead atoms. The summed E-state index contributed by atoms with van der Waals surface area (Å²) in [7, 11) is 0. The summed E-state index contributed by atoms with van der Waals surface area (Å²) in [5.41, 5.74) is 2.56. The maximum Gasteiger partial charge on any atom is 0.257 e. The first-order chi connectivity index (χ1) is 15.2. The number of rotatable bonds is 6. The Morgan fingerprint density at radius 3 is 2.29 bits per heavy atom. The average molecular weight is 427 g/mol. The molecule has 0 saturated heterocycles. The van der Waals surface area contributed by atoms with Gasteiger partial charge in [0.25, 0.3) is 5.91 Å². The summed E-state index contributed by atoms with van der Waals surface area (Å²) in [6.07, 6.45) is 0.831. The molecule has 0 fully saturated rings. The van der Waals surface area contributed by atoms with Gasteiger partial charge >= 0.3 is 0 Å². The van der Waals surface area contributed by atoms with E-state index in [-0.39, 0.29) is 11.0 Å². The maximum atomic E-state index is 12.5. The van der Waals surface area contributed by atoms with Crippen LogP contribution < -0.4 is 15.4 Å². The van der Waals surface area contributed by atoms with E-state index in [9.17, 15) is 4.79 Å². The van der Waals surface area contributed by atoms with Crippen molar-refractivity contribution in [3.05, 3.63) is 108 Å². The number of hydrogen-bond donors (Lipinski definition) is 2. The third-order valence-electron chi connectivity index (χ3n) is 4.85. The van der Waals surface area contributed by atoms with Gasteiger partial charge in [-0.2, -0.15) is 0 Å². The van der Waals surface area contributed by atoms with E-state index >= 15 is 0 Å². The van der Waals surface area contributed by atoms with Gasteiger partial charge in [-0.1, -0.05) is 60.7 Å². The van der Waals surface area contributed by atoms with Gasteiger partial charge in [0.15, 0.2) is 5.11 Å². The Bertz CT molecular complexity index is 1190. The van der Waals surface area contributed by atoms with Crippen LogP contribution in [0, 0.1) is 0 Å². The molecule has 31 heavy (non-hydrogen) atoms. The molecule has 4 aromatic rings. The normalized spacial score (nSPS) is 10.5. The second-order valence-corrected chi connectivity index (χ2v) is 7.49. The summed E-state index contributed by atoms with van der Waals surface area (Å²) >= 11 is 5.30. The highest BCUT2D eigenvalue weighted by Gasteiger charge is 2.09. The van der Waals surface area contributed by atoms with Crippen LogP contribution in [0.25, 0.3) is 10.8 Å². The van der Waals surface area contributed by atoms with Gasteiger partial charge in [-0.15, -0.1) is 0 Å². The Labute approximate surface area is 186 Å². The Hall–Kier alpha value is -3.70. The molecule has 1 amide bonds. The van der Waals surface area contributed by atoms with Crippen molar-refractivity contribution < 1.29 is 9.53 Å². The number of anilines is 1. The molecule has 0 saturated carbocycles. The van der Waals surface area contributed by atoms with Gasteiger partial charge < -0.3 is 10.1 Å². The highest BCUT2D eigenvalue weighted by atomic mass is 32.1. The van der Waals surface area contributed by atoms with Crippen molar-refractivity contribution in [3.63, 3.8) is 0 Å². The van der Waals surface area contributed by atoms with Crippen molar-refractivity contribution in [2.45, 2.75) is 6.42 Å². The van der Waals surface area contributed by atoms with Gasteiger partial charge in [0.2, 0.25) is 0 Å². The maximum absolute atomic E-state index is 12.5. The fourth-order valence-electron chi connectivity index (χ4n) is 3.24. The highest BCUT2D eigenvalue weighted by molar-refractivity contribution is 7.80. The van der Waals surface area contributed by atoms with Gasteiger partial charge in [0.05, 0.1) is 6.61 Å². The van der Waals surface area contributed by atoms with Crippen molar-refractivity contribution in [2.75, 3.05) is 11.9 Å². The molecular weight excluding hydrogens is 404 g/mol. The minimum Gasteiger partial charge on any atom is -0.493 e. The molecule has 0 heterocycles. The van der Waals surface area contributed by atoms with Gasteiger partial charge in [0, 0.05) is 17.7 Å². The number of nitrogens with one attached hydrogen (secondary N) is 2. The number of ether oxygens (including phenoxy) is 1. The third-order valence-corrected chi connectivity index (χ3v) is 5.06. The fraction of sp³-hybridized carbons (Fsp3) is 0.0769. The molecule has 0 aliphatic rings. The molecule has 154 valence electrons. The Kier molecular flexibility index (Phi) is 6.55. The highest BCUT2D eigenvalue weighted by Crippen LogP contribution is 2.19. The second-order valence-electron chi connectivity index (χ2n) is 7.08. The van der Waals surface area contributed by atoms with E-state index in [0.29, 0.717) is 12.2 Å². The van der Waals surface area contributed by atoms with E-state index in [2.05, 4.69) is 22.8 Å². The monoisotopic (exact) mass is 426 g/mol. The zero-order valence-electron chi connectivity index (χ0n) is 16.9. The topological polar surface area (TPSA) is 50.4 Å². The molecule has 0 spiro atoms. The van der Waals surface area contributed by atoms with Crippen molar-refractivity contribution in [2.24, 2.45) is 0 Å². The predicted molar refractivity (Wildman–Crippen MR) is 130 cm³/mol. The lowest BCUT2D eigenvalue weighted by molar-refractivity contribution is 0.0977. The molecule has 5 heteroatoms. The lowest BCUT2D eigenvalue weighted by Crippen LogP contribution is -2.34. The number of hydrogen-bond acceptors (Lipinski definition) is 3. The van der Waals surface area contributed by atoms with Crippen molar-refractivity contribution >= 4 is 39.7 Å². The largest absolute Gasteiger partial charge is 0.493 e. The molecule has 0 radical (unpaired) electrons. The van der Waals surface area contributed by atoms with Crippen LogP contribution in [0.4, 0.5) is 5.69 Å². The minimum atomic E-state index is -0.269. The smallest absolute Gasteiger partial charge is 0.257 e. The Morgan fingerprint density at radius 2 is 1.52 bits per heavy atom. The van der Waals surface area contributed by atoms with Crippen molar-refractivity contribution in [1.82, 2.24) is 5.32 Å². The summed E-state index contributed by atoms with van der Waals surface area (Å²) < 4.78 is 5.77. The van der Waals surface area contributed by atoms with Crippen LogP contribution in [0.3, 0.4) is 0 Å². The standard InChI is InChI=1S/C26H22N2O2S/c29-25(28-26(31)27-23-13-10-20-8-4-5-9-22(20)18-23)21-11-14-24(15-12-21)30-17-16-19-6-2-1-3-7-19/h1-15,18H,16-17H2,(H2,27,28,29,31). The van der Waals surface area contributed by atoms with Gasteiger partial charge in [0.1, 0.15) is 5.75 Å². The first-order valence-corrected chi connectivity index (χ1v) is 10.5. The first kappa shape index (κ1) is 20.6. The number of amides is 1. The molecule has 2 N–H and O–H groups in total. The number of fused-ring (bicyclic) bond motifs is 1. The number of thiocarbonyl (C=S) groups is 1. The van der Waals surface area contributed by atoms with E-state index < -0.39 is 0 Å². The van der Waals surface area contributed by atoms with E-state index in [0.717, 1.165) is 28.6 Å². The molecule has 0 aliphatic carbocycles. The quantitative estimate of drug-likeness (QED) is 0.395. The van der Waals surface area contributed by atoms with E-state index in [1.165, 1.54) is 5.56 Å². The van der Waals surface area contributed by atoms with Crippen LogP contribution in [-0.4, -0.2) is 17.6 Å². The second kappa shape index (κ2) is 9.87. The van der Waals surface area contributed by atoms with Crippen LogP contribution >= 0.6 is 12.2 Å².